The Morgan fingerprint density at radius 1 is 1.00 bits per heavy atom. The average molecular weight is 324 g/mol. The summed E-state index contributed by atoms with van der Waals surface area (Å²) < 4.78 is 0. The highest BCUT2D eigenvalue weighted by Gasteiger charge is 2.28. The minimum atomic E-state index is -0.389. The molecular weight excluding hydrogens is 304 g/mol. The van der Waals surface area contributed by atoms with Gasteiger partial charge in [0.2, 0.25) is 5.91 Å². The standard InChI is InChI=1S/C19H20N2O3/c22-18(20-17-11-5-2-6-12-17)16-10-7-13-21(14-16)24-19(23)15-8-3-1-4-9-15/h1-6,8-9,11-12,16H,7,10,13-14H2,(H,20,22)/t16-/m1/s1. The van der Waals surface area contributed by atoms with Crippen molar-refractivity contribution in [3.63, 3.8) is 0 Å². The van der Waals surface area contributed by atoms with Crippen LogP contribution in [0.4, 0.5) is 5.69 Å². The maximum atomic E-state index is 12.4. The summed E-state index contributed by atoms with van der Waals surface area (Å²) in [6.07, 6.45) is 1.60. The molecule has 0 aliphatic carbocycles. The lowest BCUT2D eigenvalue weighted by atomic mass is 9.98. The summed E-state index contributed by atoms with van der Waals surface area (Å²) in [5, 5.41) is 4.50. The molecule has 0 bridgehead atoms. The molecule has 1 aliphatic rings. The second kappa shape index (κ2) is 7.75. The van der Waals surface area contributed by atoms with E-state index >= 15 is 0 Å². The average Bonchev–Trinajstić information content (AvgIpc) is 2.63. The molecule has 5 nitrogen and oxygen atoms in total. The van der Waals surface area contributed by atoms with Crippen LogP contribution in [0.1, 0.15) is 23.2 Å². The Balaban J connectivity index is 1.56. The molecule has 0 unspecified atom stereocenters. The minimum Gasteiger partial charge on any atom is -0.364 e. The predicted molar refractivity (Wildman–Crippen MR) is 91.2 cm³/mol. The number of para-hydroxylation sites is 1. The first-order valence-corrected chi connectivity index (χ1v) is 8.10. The van der Waals surface area contributed by atoms with Gasteiger partial charge >= 0.3 is 5.97 Å². The molecule has 0 radical (unpaired) electrons. The molecule has 2 aromatic rings. The van der Waals surface area contributed by atoms with Crippen LogP contribution in [-0.4, -0.2) is 30.0 Å². The van der Waals surface area contributed by atoms with Crippen molar-refractivity contribution in [1.29, 1.82) is 0 Å². The zero-order chi connectivity index (χ0) is 16.8. The minimum absolute atomic E-state index is 0.0401. The Morgan fingerprint density at radius 2 is 1.67 bits per heavy atom. The van der Waals surface area contributed by atoms with Crippen molar-refractivity contribution < 1.29 is 14.4 Å². The number of hydrogen-bond acceptors (Lipinski definition) is 4. The summed E-state index contributed by atoms with van der Waals surface area (Å²) >= 11 is 0. The van der Waals surface area contributed by atoms with Crippen molar-refractivity contribution in [2.24, 2.45) is 5.92 Å². The third-order valence-corrected chi connectivity index (χ3v) is 4.02. The molecule has 1 heterocycles. The van der Waals surface area contributed by atoms with E-state index in [0.717, 1.165) is 18.5 Å². The smallest absolute Gasteiger partial charge is 0.357 e. The van der Waals surface area contributed by atoms with Crippen molar-refractivity contribution >= 4 is 17.6 Å². The Kier molecular flexibility index (Phi) is 5.23. The van der Waals surface area contributed by atoms with Gasteiger partial charge in [0.15, 0.2) is 0 Å². The fourth-order valence-corrected chi connectivity index (χ4v) is 2.75. The fraction of sp³-hybridized carbons (Fsp3) is 0.263. The molecule has 5 heteroatoms. The zero-order valence-corrected chi connectivity index (χ0v) is 13.4. The number of nitrogens with one attached hydrogen (secondary N) is 1. The molecule has 0 aromatic heterocycles. The van der Waals surface area contributed by atoms with Crippen LogP contribution >= 0.6 is 0 Å². The zero-order valence-electron chi connectivity index (χ0n) is 13.4. The SMILES string of the molecule is O=C(ON1CCC[C@@H](C(=O)Nc2ccccc2)C1)c1ccccc1. The monoisotopic (exact) mass is 324 g/mol. The van der Waals surface area contributed by atoms with E-state index in [1.807, 2.05) is 36.4 Å². The van der Waals surface area contributed by atoms with E-state index in [1.165, 1.54) is 0 Å². The Bertz CT molecular complexity index is 688. The quantitative estimate of drug-likeness (QED) is 0.939. The lowest BCUT2D eigenvalue weighted by Crippen LogP contribution is -2.41. The predicted octanol–water partition coefficient (Wildman–Crippen LogP) is 3.11. The summed E-state index contributed by atoms with van der Waals surface area (Å²) in [5.41, 5.74) is 1.29. The van der Waals surface area contributed by atoms with E-state index in [4.69, 9.17) is 4.84 Å². The highest BCUT2D eigenvalue weighted by Crippen LogP contribution is 2.19. The first-order valence-electron chi connectivity index (χ1n) is 8.10. The van der Waals surface area contributed by atoms with Gasteiger partial charge in [-0.2, -0.15) is 0 Å². The topological polar surface area (TPSA) is 58.6 Å². The van der Waals surface area contributed by atoms with E-state index < -0.39 is 0 Å². The maximum Gasteiger partial charge on any atom is 0.357 e. The number of nitrogens with zero attached hydrogens (tertiary/aromatic N) is 1. The molecule has 1 fully saturated rings. The van der Waals surface area contributed by atoms with Crippen molar-refractivity contribution in [2.75, 3.05) is 18.4 Å². The van der Waals surface area contributed by atoms with Gasteiger partial charge in [0.25, 0.3) is 0 Å². The van der Waals surface area contributed by atoms with Gasteiger partial charge in [-0.15, -0.1) is 5.06 Å². The van der Waals surface area contributed by atoms with Gasteiger partial charge in [-0.3, -0.25) is 4.79 Å². The molecule has 1 amide bonds. The second-order valence-electron chi connectivity index (χ2n) is 5.83. The van der Waals surface area contributed by atoms with Gasteiger partial charge in [0.1, 0.15) is 0 Å². The number of piperidine rings is 1. The van der Waals surface area contributed by atoms with Gasteiger partial charge in [-0.25, -0.2) is 4.79 Å². The molecule has 0 spiro atoms. The number of hydroxylamine groups is 2. The molecule has 1 aliphatic heterocycles. The lowest BCUT2D eigenvalue weighted by Gasteiger charge is -2.30. The van der Waals surface area contributed by atoms with Gasteiger partial charge in [0, 0.05) is 18.8 Å². The molecule has 3 rings (SSSR count). The maximum absolute atomic E-state index is 12.4. The number of rotatable bonds is 4. The first kappa shape index (κ1) is 16.2. The van der Waals surface area contributed by atoms with Crippen LogP contribution in [0.3, 0.4) is 0 Å². The summed E-state index contributed by atoms with van der Waals surface area (Å²) in [6.45, 7) is 1.06. The van der Waals surface area contributed by atoms with Crippen molar-refractivity contribution in [3.05, 3.63) is 66.2 Å². The van der Waals surface area contributed by atoms with E-state index in [1.54, 1.807) is 29.3 Å². The highest BCUT2D eigenvalue weighted by atomic mass is 16.7. The molecule has 1 saturated heterocycles. The number of hydrogen-bond donors (Lipinski definition) is 1. The van der Waals surface area contributed by atoms with E-state index in [0.29, 0.717) is 18.7 Å². The van der Waals surface area contributed by atoms with Crippen LogP contribution in [-0.2, 0) is 9.63 Å². The van der Waals surface area contributed by atoms with Crippen LogP contribution in [0.2, 0.25) is 0 Å². The molecule has 124 valence electrons. The molecule has 1 N–H and O–H groups in total. The van der Waals surface area contributed by atoms with Crippen molar-refractivity contribution in [3.8, 4) is 0 Å². The summed E-state index contributed by atoms with van der Waals surface area (Å²) in [4.78, 5) is 29.9. The summed E-state index contributed by atoms with van der Waals surface area (Å²) in [7, 11) is 0. The third kappa shape index (κ3) is 4.20. The van der Waals surface area contributed by atoms with Crippen LogP contribution in [0.25, 0.3) is 0 Å². The normalized spacial score (nSPS) is 17.9. The van der Waals surface area contributed by atoms with Gasteiger partial charge < -0.3 is 10.2 Å². The number of benzene rings is 2. The van der Waals surface area contributed by atoms with Crippen LogP contribution in [0.15, 0.2) is 60.7 Å². The summed E-state index contributed by atoms with van der Waals surface area (Å²) in [5.74, 6) is -0.621. The van der Waals surface area contributed by atoms with E-state index in [-0.39, 0.29) is 17.8 Å². The van der Waals surface area contributed by atoms with Gasteiger partial charge in [0.05, 0.1) is 11.5 Å². The lowest BCUT2D eigenvalue weighted by molar-refractivity contribution is -0.143. The summed E-state index contributed by atoms with van der Waals surface area (Å²) in [6, 6.07) is 18.2. The Morgan fingerprint density at radius 3 is 2.38 bits per heavy atom. The number of carbonyl (C=O) groups is 2. The first-order chi connectivity index (χ1) is 11.7. The van der Waals surface area contributed by atoms with E-state index in [9.17, 15) is 9.59 Å². The van der Waals surface area contributed by atoms with Crippen molar-refractivity contribution in [2.45, 2.75) is 12.8 Å². The molecule has 0 saturated carbocycles. The van der Waals surface area contributed by atoms with Crippen LogP contribution < -0.4 is 5.32 Å². The highest BCUT2D eigenvalue weighted by molar-refractivity contribution is 5.92. The number of amides is 1. The second-order valence-corrected chi connectivity index (χ2v) is 5.83. The van der Waals surface area contributed by atoms with Crippen LogP contribution in [0, 0.1) is 5.92 Å². The largest absolute Gasteiger partial charge is 0.364 e. The Labute approximate surface area is 141 Å². The molecule has 1 atom stereocenters. The number of anilines is 1. The number of carbonyl (C=O) groups excluding carboxylic acids is 2. The van der Waals surface area contributed by atoms with Crippen LogP contribution in [0.5, 0.6) is 0 Å². The Hall–Kier alpha value is -2.66. The molecular formula is C19H20N2O3. The van der Waals surface area contributed by atoms with Gasteiger partial charge in [-0.1, -0.05) is 36.4 Å². The fourth-order valence-electron chi connectivity index (χ4n) is 2.75. The van der Waals surface area contributed by atoms with E-state index in [2.05, 4.69) is 5.32 Å². The third-order valence-electron chi connectivity index (χ3n) is 4.02. The molecule has 2 aromatic carbocycles. The van der Waals surface area contributed by atoms with Crippen molar-refractivity contribution in [1.82, 2.24) is 5.06 Å². The molecule has 24 heavy (non-hydrogen) atoms. The van der Waals surface area contributed by atoms with Gasteiger partial charge in [-0.05, 0) is 37.1 Å².